The van der Waals surface area contributed by atoms with Gasteiger partial charge in [0.2, 0.25) is 5.91 Å². The number of hydrogen-bond acceptors (Lipinski definition) is 5. The van der Waals surface area contributed by atoms with Crippen LogP contribution in [-0.2, 0) is 24.2 Å². The molecule has 0 bridgehead atoms. The number of benzene rings is 1. The number of amides is 1. The van der Waals surface area contributed by atoms with E-state index in [1.165, 1.54) is 22.9 Å². The van der Waals surface area contributed by atoms with Crippen molar-refractivity contribution in [1.29, 1.82) is 0 Å². The van der Waals surface area contributed by atoms with Crippen LogP contribution in [0, 0.1) is 24.5 Å². The van der Waals surface area contributed by atoms with Gasteiger partial charge in [0.05, 0.1) is 18.4 Å². The molecular weight excluding hydrogens is 426 g/mol. The number of aryl methyl sites for hydroxylation is 3. The highest BCUT2D eigenvalue weighted by molar-refractivity contribution is 6.03. The van der Waals surface area contributed by atoms with Crippen LogP contribution in [0.2, 0.25) is 0 Å². The largest absolute Gasteiger partial charge is 0.346 e. The second-order valence-corrected chi connectivity index (χ2v) is 8.46. The fourth-order valence-electron chi connectivity index (χ4n) is 4.11. The zero-order valence-corrected chi connectivity index (χ0v) is 18.6. The van der Waals surface area contributed by atoms with Crippen LogP contribution in [-0.4, -0.2) is 38.7 Å². The van der Waals surface area contributed by atoms with Crippen molar-refractivity contribution < 1.29 is 13.6 Å². The molecule has 0 spiro atoms. The molecule has 2 aromatic heterocycles. The molecule has 0 aliphatic carbocycles. The molecule has 1 aliphatic heterocycles. The maximum Gasteiger partial charge on any atom is 0.247 e. The van der Waals surface area contributed by atoms with Crippen LogP contribution in [0.1, 0.15) is 43.9 Å². The summed E-state index contributed by atoms with van der Waals surface area (Å²) in [7, 11) is 1.88. The Morgan fingerprint density at radius 3 is 2.52 bits per heavy atom. The molecule has 1 amide bonds. The molecule has 176 valence electrons. The summed E-state index contributed by atoms with van der Waals surface area (Å²) in [4.78, 5) is 23.7. The van der Waals surface area contributed by atoms with Crippen molar-refractivity contribution in [3.05, 3.63) is 64.9 Å². The lowest BCUT2D eigenvalue weighted by atomic mass is 9.99. The molecule has 3 heterocycles. The van der Waals surface area contributed by atoms with Gasteiger partial charge in [0.1, 0.15) is 29.2 Å². The summed E-state index contributed by atoms with van der Waals surface area (Å²) < 4.78 is 29.3. The van der Waals surface area contributed by atoms with Gasteiger partial charge in [-0.1, -0.05) is 27.3 Å². The van der Waals surface area contributed by atoms with Crippen molar-refractivity contribution in [2.75, 3.05) is 17.3 Å². The number of nitrogens with one attached hydrogen (secondary N) is 1. The van der Waals surface area contributed by atoms with E-state index in [1.54, 1.807) is 12.4 Å². The summed E-state index contributed by atoms with van der Waals surface area (Å²) in [6.45, 7) is 5.89. The van der Waals surface area contributed by atoms with Crippen molar-refractivity contribution in [3.63, 3.8) is 0 Å². The SMILES string of the molecule is C.Cc1nc(CCc2cnn(Cc3c(F)cccc3F)c2)nc2c1NC(=O)[C@H](C(C)C)N2C. The minimum Gasteiger partial charge on any atom is -0.346 e. The third-order valence-electron chi connectivity index (χ3n) is 5.72. The van der Waals surface area contributed by atoms with E-state index in [9.17, 15) is 13.6 Å². The molecule has 1 aromatic carbocycles. The van der Waals surface area contributed by atoms with Crippen LogP contribution in [0.4, 0.5) is 20.3 Å². The van der Waals surface area contributed by atoms with Gasteiger partial charge in [-0.3, -0.25) is 9.48 Å². The number of anilines is 2. The van der Waals surface area contributed by atoms with Gasteiger partial charge < -0.3 is 10.2 Å². The van der Waals surface area contributed by atoms with E-state index in [0.29, 0.717) is 24.4 Å². The van der Waals surface area contributed by atoms with Crippen molar-refractivity contribution >= 4 is 17.4 Å². The average Bonchev–Trinajstić information content (AvgIpc) is 3.17. The van der Waals surface area contributed by atoms with Gasteiger partial charge >= 0.3 is 0 Å². The molecule has 1 N–H and O–H groups in total. The predicted molar refractivity (Wildman–Crippen MR) is 124 cm³/mol. The Morgan fingerprint density at radius 2 is 1.85 bits per heavy atom. The summed E-state index contributed by atoms with van der Waals surface area (Å²) in [6.07, 6.45) is 4.66. The number of hydrogen-bond donors (Lipinski definition) is 1. The third kappa shape index (κ3) is 4.86. The second-order valence-electron chi connectivity index (χ2n) is 8.46. The van der Waals surface area contributed by atoms with E-state index in [2.05, 4.69) is 15.4 Å². The maximum absolute atomic E-state index is 13.9. The summed E-state index contributed by atoms with van der Waals surface area (Å²) in [6, 6.07) is 3.53. The molecule has 0 fully saturated rings. The number of likely N-dealkylation sites (N-methyl/N-ethyl adjacent to an activating group) is 1. The Bertz CT molecular complexity index is 1140. The van der Waals surface area contributed by atoms with E-state index in [0.717, 1.165) is 17.1 Å². The van der Waals surface area contributed by atoms with Gasteiger partial charge in [-0.05, 0) is 37.0 Å². The van der Waals surface area contributed by atoms with Crippen LogP contribution < -0.4 is 10.2 Å². The first-order valence-corrected chi connectivity index (χ1v) is 10.6. The highest BCUT2D eigenvalue weighted by Gasteiger charge is 2.35. The van der Waals surface area contributed by atoms with Gasteiger partial charge in [0.15, 0.2) is 5.82 Å². The second kappa shape index (κ2) is 9.64. The fourth-order valence-corrected chi connectivity index (χ4v) is 4.11. The zero-order valence-electron chi connectivity index (χ0n) is 18.6. The number of carbonyl (C=O) groups excluding carboxylic acids is 1. The predicted octanol–water partition coefficient (Wildman–Crippen LogP) is 4.14. The van der Waals surface area contributed by atoms with Crippen LogP contribution in [0.25, 0.3) is 0 Å². The van der Waals surface area contributed by atoms with Crippen LogP contribution >= 0.6 is 0 Å². The Kier molecular flexibility index (Phi) is 7.09. The Balaban J connectivity index is 0.00000306. The Labute approximate surface area is 192 Å². The molecule has 4 rings (SSSR count). The fraction of sp³-hybridized carbons (Fsp3) is 0.417. The van der Waals surface area contributed by atoms with E-state index < -0.39 is 11.6 Å². The Hall–Kier alpha value is -3.36. The minimum absolute atomic E-state index is 0. The van der Waals surface area contributed by atoms with Crippen molar-refractivity contribution in [3.8, 4) is 0 Å². The number of rotatable bonds is 6. The minimum atomic E-state index is -0.587. The lowest BCUT2D eigenvalue weighted by molar-refractivity contribution is -0.118. The molecule has 3 aromatic rings. The topological polar surface area (TPSA) is 75.9 Å². The van der Waals surface area contributed by atoms with Crippen LogP contribution in [0.15, 0.2) is 30.6 Å². The van der Waals surface area contributed by atoms with Gasteiger partial charge in [0, 0.05) is 25.2 Å². The molecule has 0 saturated heterocycles. The lowest BCUT2D eigenvalue weighted by Gasteiger charge is -2.36. The van der Waals surface area contributed by atoms with Gasteiger partial charge in [-0.25, -0.2) is 18.7 Å². The highest BCUT2D eigenvalue weighted by atomic mass is 19.1. The molecule has 1 aliphatic rings. The van der Waals surface area contributed by atoms with Crippen LogP contribution in [0.5, 0.6) is 0 Å². The number of nitrogens with zero attached hydrogens (tertiary/aromatic N) is 5. The summed E-state index contributed by atoms with van der Waals surface area (Å²) in [5, 5.41) is 7.18. The normalized spacial score (nSPS) is 15.3. The number of aromatic nitrogens is 4. The first-order chi connectivity index (χ1) is 15.2. The van der Waals surface area contributed by atoms with E-state index >= 15 is 0 Å². The smallest absolute Gasteiger partial charge is 0.247 e. The monoisotopic (exact) mass is 456 g/mol. The third-order valence-corrected chi connectivity index (χ3v) is 5.72. The van der Waals surface area contributed by atoms with E-state index in [1.807, 2.05) is 32.7 Å². The molecule has 1 atom stereocenters. The maximum atomic E-state index is 13.9. The Morgan fingerprint density at radius 1 is 1.15 bits per heavy atom. The summed E-state index contributed by atoms with van der Waals surface area (Å²) in [5.74, 6) is 0.299. The summed E-state index contributed by atoms with van der Waals surface area (Å²) >= 11 is 0. The van der Waals surface area contributed by atoms with Gasteiger partial charge in [-0.2, -0.15) is 5.10 Å². The molecule has 7 nitrogen and oxygen atoms in total. The summed E-state index contributed by atoms with van der Waals surface area (Å²) in [5.41, 5.74) is 2.28. The van der Waals surface area contributed by atoms with Gasteiger partial charge in [-0.15, -0.1) is 0 Å². The number of fused-ring (bicyclic) bond motifs is 1. The molecule has 0 unspecified atom stereocenters. The first-order valence-electron chi connectivity index (χ1n) is 10.6. The first kappa shape index (κ1) is 24.3. The highest BCUT2D eigenvalue weighted by Crippen LogP contribution is 2.33. The molecule has 0 radical (unpaired) electrons. The zero-order chi connectivity index (χ0) is 23.0. The van der Waals surface area contributed by atoms with Crippen molar-refractivity contribution in [2.45, 2.75) is 53.6 Å². The molecular formula is C24H30F2N6O. The lowest BCUT2D eigenvalue weighted by Crippen LogP contribution is -2.49. The molecule has 33 heavy (non-hydrogen) atoms. The van der Waals surface area contributed by atoms with Crippen LogP contribution in [0.3, 0.4) is 0 Å². The quantitative estimate of drug-likeness (QED) is 0.603. The number of carbonyl (C=O) groups is 1. The average molecular weight is 457 g/mol. The van der Waals surface area contributed by atoms with Crippen molar-refractivity contribution in [2.24, 2.45) is 5.92 Å². The standard InChI is InChI=1S/C23H26F2N6O.CH4/c1-13(2)21-23(32)29-20-14(3)27-19(28-22(20)30(21)4)9-8-15-10-26-31(11-15)12-16-17(24)6-5-7-18(16)25;/h5-7,10-11,13,21H,8-9,12H2,1-4H3,(H,29,32);1H4/t21-;/m0./s1. The van der Waals surface area contributed by atoms with Crippen molar-refractivity contribution in [1.82, 2.24) is 19.7 Å². The van der Waals surface area contributed by atoms with E-state index in [4.69, 9.17) is 4.98 Å². The number of halogens is 2. The van der Waals surface area contributed by atoms with E-state index in [-0.39, 0.29) is 37.4 Å². The molecule has 0 saturated carbocycles. The molecule has 9 heteroatoms. The van der Waals surface area contributed by atoms with Gasteiger partial charge in [0.25, 0.3) is 0 Å².